The minimum atomic E-state index is -4.40. The third-order valence-corrected chi connectivity index (χ3v) is 3.47. The van der Waals surface area contributed by atoms with Gasteiger partial charge < -0.3 is 15.8 Å². The van der Waals surface area contributed by atoms with Crippen molar-refractivity contribution in [2.24, 2.45) is 10.7 Å². The number of guanidine groups is 1. The first-order valence-corrected chi connectivity index (χ1v) is 7.74. The van der Waals surface area contributed by atoms with E-state index in [1.54, 1.807) is 18.2 Å². The van der Waals surface area contributed by atoms with Crippen LogP contribution in [0.25, 0.3) is 0 Å². The number of rotatable bonds is 3. The molecule has 0 spiro atoms. The molecule has 0 unspecified atom stereocenters. The lowest BCUT2D eigenvalue weighted by atomic mass is 10.1. The number of hydrogen-bond acceptors (Lipinski definition) is 2. The molecule has 0 atom stereocenters. The van der Waals surface area contributed by atoms with Crippen molar-refractivity contribution in [1.29, 1.82) is 0 Å². The van der Waals surface area contributed by atoms with Gasteiger partial charge in [0.2, 0.25) is 0 Å². The van der Waals surface area contributed by atoms with Crippen LogP contribution in [-0.2, 0) is 6.18 Å². The third-order valence-electron chi connectivity index (χ3n) is 3.18. The fourth-order valence-electron chi connectivity index (χ4n) is 1.97. The Morgan fingerprint density at radius 1 is 1.26 bits per heavy atom. The summed E-state index contributed by atoms with van der Waals surface area (Å²) in [6.45, 7) is 0.0268. The molecule has 2 rings (SSSR count). The molecular weight excluding hydrogens is 494 g/mol. The third kappa shape index (κ3) is 7.19. The number of aliphatic imine (C=N–C) groups is 1. The Morgan fingerprint density at radius 3 is 2.63 bits per heavy atom. The van der Waals surface area contributed by atoms with Crippen LogP contribution < -0.4 is 15.8 Å². The monoisotopic (exact) mass is 509 g/mol. The molecule has 0 saturated heterocycles. The number of halogens is 5. The molecular formula is C18H16ClF3IN3O. The van der Waals surface area contributed by atoms with E-state index in [9.17, 15) is 13.2 Å². The summed E-state index contributed by atoms with van der Waals surface area (Å²) in [5.74, 6) is 5.91. The number of nitrogens with two attached hydrogens (primary N) is 1. The lowest BCUT2D eigenvalue weighted by molar-refractivity contribution is -0.137. The highest BCUT2D eigenvalue weighted by molar-refractivity contribution is 14.0. The number of alkyl halides is 3. The minimum Gasteiger partial charge on any atom is -0.495 e. The van der Waals surface area contributed by atoms with Gasteiger partial charge in [0.05, 0.1) is 17.7 Å². The van der Waals surface area contributed by atoms with Crippen LogP contribution in [0.15, 0.2) is 47.5 Å². The Morgan fingerprint density at radius 2 is 2.00 bits per heavy atom. The van der Waals surface area contributed by atoms with Crippen LogP contribution in [0.3, 0.4) is 0 Å². The zero-order chi connectivity index (χ0) is 19.2. The summed E-state index contributed by atoms with van der Waals surface area (Å²) in [4.78, 5) is 3.99. The molecule has 0 aliphatic rings. The van der Waals surface area contributed by atoms with Crippen molar-refractivity contribution in [3.05, 3.63) is 58.6 Å². The van der Waals surface area contributed by atoms with E-state index in [0.29, 0.717) is 16.5 Å². The first-order valence-electron chi connectivity index (χ1n) is 7.36. The SMILES string of the molecule is COc1ccc(NC(N)=NCC#Cc2cccc(C(F)(F)F)c2)cc1Cl.I. The van der Waals surface area contributed by atoms with E-state index in [1.807, 2.05) is 0 Å². The first-order chi connectivity index (χ1) is 12.3. The predicted octanol–water partition coefficient (Wildman–Crippen LogP) is 4.76. The van der Waals surface area contributed by atoms with Gasteiger partial charge in [0.1, 0.15) is 12.3 Å². The number of ether oxygens (including phenoxy) is 1. The average Bonchev–Trinajstić information content (AvgIpc) is 2.58. The van der Waals surface area contributed by atoms with Crippen LogP contribution >= 0.6 is 35.6 Å². The first kappa shape index (κ1) is 22.9. The van der Waals surface area contributed by atoms with Gasteiger partial charge in [-0.1, -0.05) is 29.5 Å². The largest absolute Gasteiger partial charge is 0.495 e. The second-order valence-electron chi connectivity index (χ2n) is 5.06. The second-order valence-corrected chi connectivity index (χ2v) is 5.46. The number of nitrogens with zero attached hydrogens (tertiary/aromatic N) is 1. The van der Waals surface area contributed by atoms with E-state index in [2.05, 4.69) is 22.2 Å². The van der Waals surface area contributed by atoms with E-state index in [0.717, 1.165) is 12.1 Å². The highest BCUT2D eigenvalue weighted by Gasteiger charge is 2.30. The molecule has 3 N–H and O–H groups in total. The van der Waals surface area contributed by atoms with Crippen molar-refractivity contribution in [2.75, 3.05) is 19.0 Å². The molecule has 27 heavy (non-hydrogen) atoms. The standard InChI is InChI=1S/C18H15ClF3N3O.HI/c1-26-16-8-7-14(11-15(16)19)25-17(23)24-9-3-5-12-4-2-6-13(10-12)18(20,21)22;/h2,4,6-8,10-11H,9H2,1H3,(H3,23,24,25);1H. The van der Waals surface area contributed by atoms with Crippen molar-refractivity contribution in [3.8, 4) is 17.6 Å². The maximum Gasteiger partial charge on any atom is 0.416 e. The van der Waals surface area contributed by atoms with Crippen molar-refractivity contribution < 1.29 is 17.9 Å². The Bertz CT molecular complexity index is 876. The number of anilines is 1. The molecule has 0 bridgehead atoms. The summed E-state index contributed by atoms with van der Waals surface area (Å²) in [7, 11) is 1.51. The number of methoxy groups -OCH3 is 1. The lowest BCUT2D eigenvalue weighted by Gasteiger charge is -2.07. The van der Waals surface area contributed by atoms with Crippen LogP contribution in [-0.4, -0.2) is 19.6 Å². The summed E-state index contributed by atoms with van der Waals surface area (Å²) >= 11 is 6.00. The quantitative estimate of drug-likeness (QED) is 0.271. The van der Waals surface area contributed by atoms with Gasteiger partial charge in [-0.2, -0.15) is 13.2 Å². The van der Waals surface area contributed by atoms with Crippen molar-refractivity contribution >= 4 is 47.2 Å². The van der Waals surface area contributed by atoms with Gasteiger partial charge in [-0.25, -0.2) is 4.99 Å². The van der Waals surface area contributed by atoms with Gasteiger partial charge in [-0.05, 0) is 36.4 Å². The molecule has 2 aromatic carbocycles. The van der Waals surface area contributed by atoms with E-state index in [1.165, 1.54) is 19.2 Å². The summed E-state index contributed by atoms with van der Waals surface area (Å²) in [6, 6.07) is 9.78. The van der Waals surface area contributed by atoms with Crippen LogP contribution in [0.5, 0.6) is 5.75 Å². The summed E-state index contributed by atoms with van der Waals surface area (Å²) in [5.41, 5.74) is 5.86. The molecule has 0 heterocycles. The molecule has 0 saturated carbocycles. The zero-order valence-corrected chi connectivity index (χ0v) is 17.2. The fraction of sp³-hybridized carbons (Fsp3) is 0.167. The zero-order valence-electron chi connectivity index (χ0n) is 14.1. The predicted molar refractivity (Wildman–Crippen MR) is 112 cm³/mol. The number of hydrogen-bond donors (Lipinski definition) is 2. The molecule has 2 aromatic rings. The summed E-state index contributed by atoms with van der Waals surface area (Å²) < 4.78 is 42.9. The maximum atomic E-state index is 12.6. The van der Waals surface area contributed by atoms with Gasteiger partial charge >= 0.3 is 6.18 Å². The summed E-state index contributed by atoms with van der Waals surface area (Å²) in [5, 5.41) is 3.24. The van der Waals surface area contributed by atoms with Crippen molar-refractivity contribution in [3.63, 3.8) is 0 Å². The van der Waals surface area contributed by atoms with E-state index in [-0.39, 0.29) is 42.0 Å². The number of nitrogens with one attached hydrogen (secondary N) is 1. The van der Waals surface area contributed by atoms with Crippen molar-refractivity contribution in [2.45, 2.75) is 6.18 Å². The second kappa shape index (κ2) is 10.3. The topological polar surface area (TPSA) is 59.6 Å². The van der Waals surface area contributed by atoms with Crippen LogP contribution in [0.2, 0.25) is 5.02 Å². The van der Waals surface area contributed by atoms with Crippen LogP contribution in [0.1, 0.15) is 11.1 Å². The Balaban J connectivity index is 0.00000364. The van der Waals surface area contributed by atoms with Crippen molar-refractivity contribution in [1.82, 2.24) is 0 Å². The maximum absolute atomic E-state index is 12.6. The Labute approximate surface area is 177 Å². The Hall–Kier alpha value is -2.12. The molecule has 0 aliphatic heterocycles. The van der Waals surface area contributed by atoms with E-state index < -0.39 is 11.7 Å². The van der Waals surface area contributed by atoms with Gasteiger partial charge in [0.25, 0.3) is 0 Å². The normalized spacial score (nSPS) is 11.1. The molecule has 9 heteroatoms. The average molecular weight is 510 g/mol. The molecule has 0 amide bonds. The van der Waals surface area contributed by atoms with Gasteiger partial charge in [-0.3, -0.25) is 0 Å². The van der Waals surface area contributed by atoms with Gasteiger partial charge in [0, 0.05) is 11.3 Å². The molecule has 4 nitrogen and oxygen atoms in total. The highest BCUT2D eigenvalue weighted by atomic mass is 127. The molecule has 0 radical (unpaired) electrons. The molecule has 144 valence electrons. The van der Waals surface area contributed by atoms with Crippen LogP contribution in [0, 0.1) is 11.8 Å². The molecule has 0 aliphatic carbocycles. The minimum absolute atomic E-state index is 0. The van der Waals surface area contributed by atoms with E-state index in [4.69, 9.17) is 22.1 Å². The van der Waals surface area contributed by atoms with Crippen LogP contribution in [0.4, 0.5) is 18.9 Å². The smallest absolute Gasteiger partial charge is 0.416 e. The Kier molecular flexibility index (Phi) is 8.72. The fourth-order valence-corrected chi connectivity index (χ4v) is 2.23. The molecule has 0 fully saturated rings. The van der Waals surface area contributed by atoms with E-state index >= 15 is 0 Å². The summed E-state index contributed by atoms with van der Waals surface area (Å²) in [6.07, 6.45) is -4.40. The lowest BCUT2D eigenvalue weighted by Crippen LogP contribution is -2.22. The number of benzene rings is 2. The highest BCUT2D eigenvalue weighted by Crippen LogP contribution is 2.29. The van der Waals surface area contributed by atoms with Gasteiger partial charge in [-0.15, -0.1) is 24.0 Å². The molecule has 0 aromatic heterocycles. The van der Waals surface area contributed by atoms with Gasteiger partial charge in [0.15, 0.2) is 5.96 Å².